The van der Waals surface area contributed by atoms with Gasteiger partial charge in [-0.3, -0.25) is 0 Å². The van der Waals surface area contributed by atoms with Crippen molar-refractivity contribution in [3.8, 4) is 0 Å². The molecule has 5 rings (SSSR count). The molecule has 1 nitrogen and oxygen atoms in total. The predicted molar refractivity (Wildman–Crippen MR) is 101 cm³/mol. The van der Waals surface area contributed by atoms with Gasteiger partial charge in [-0.2, -0.15) is 0 Å². The molecule has 0 radical (unpaired) electrons. The van der Waals surface area contributed by atoms with E-state index in [9.17, 15) is 0 Å². The van der Waals surface area contributed by atoms with E-state index in [-0.39, 0.29) is 5.48 Å². The maximum absolute atomic E-state index is 2.33. The molecule has 2 N–H and O–H groups in total. The molecule has 0 saturated carbocycles. The van der Waals surface area contributed by atoms with E-state index in [0.29, 0.717) is 0 Å². The van der Waals surface area contributed by atoms with Gasteiger partial charge in [0.05, 0.1) is 0 Å². The number of hydrogen-bond acceptors (Lipinski definition) is 0. The van der Waals surface area contributed by atoms with Gasteiger partial charge in [0.2, 0.25) is 0 Å². The third-order valence-electron chi connectivity index (χ3n) is 5.15. The van der Waals surface area contributed by atoms with Crippen LogP contribution >= 0.6 is 0 Å². The van der Waals surface area contributed by atoms with Crippen LogP contribution in [0.2, 0.25) is 0 Å². The van der Waals surface area contributed by atoms with E-state index in [1.54, 1.807) is 0 Å². The van der Waals surface area contributed by atoms with Gasteiger partial charge in [0.1, 0.15) is 0 Å². The Balaban J connectivity index is 0.00000135. The highest BCUT2D eigenvalue weighted by atomic mass is 16.0. The number of hydrogen-bond donors (Lipinski definition) is 0. The average molecular weight is 298 g/mol. The zero-order valence-electron chi connectivity index (χ0n) is 13.3. The molecule has 0 bridgehead atoms. The van der Waals surface area contributed by atoms with E-state index < -0.39 is 0 Å². The van der Waals surface area contributed by atoms with E-state index in [2.05, 4.69) is 74.5 Å². The van der Waals surface area contributed by atoms with E-state index in [1.807, 2.05) is 0 Å². The lowest BCUT2D eigenvalue weighted by Gasteiger charge is -2.17. The van der Waals surface area contributed by atoms with Crippen LogP contribution in [0.3, 0.4) is 0 Å². The molecule has 0 aliphatic heterocycles. The molecule has 1 heteroatoms. The molecule has 0 fully saturated rings. The summed E-state index contributed by atoms with van der Waals surface area (Å²) in [4.78, 5) is 0. The Morgan fingerprint density at radius 2 is 1.13 bits per heavy atom. The minimum atomic E-state index is 0. The molecule has 0 heterocycles. The summed E-state index contributed by atoms with van der Waals surface area (Å²) in [5, 5.41) is 11.1. The van der Waals surface area contributed by atoms with Crippen molar-refractivity contribution in [2.24, 2.45) is 0 Å². The molecule has 0 saturated heterocycles. The molecular weight excluding hydrogens is 280 g/mol. The monoisotopic (exact) mass is 298 g/mol. The second-order valence-corrected chi connectivity index (χ2v) is 6.31. The van der Waals surface area contributed by atoms with Crippen molar-refractivity contribution in [1.29, 1.82) is 0 Å². The topological polar surface area (TPSA) is 31.5 Å². The van der Waals surface area contributed by atoms with Gasteiger partial charge in [0.25, 0.3) is 0 Å². The quantitative estimate of drug-likeness (QED) is 0.266. The summed E-state index contributed by atoms with van der Waals surface area (Å²) in [5.74, 6) is 0. The Morgan fingerprint density at radius 3 is 1.83 bits per heavy atom. The van der Waals surface area contributed by atoms with Gasteiger partial charge in [-0.1, -0.05) is 60.7 Å². The van der Waals surface area contributed by atoms with E-state index >= 15 is 0 Å². The second kappa shape index (κ2) is 4.68. The van der Waals surface area contributed by atoms with Crippen LogP contribution in [0.25, 0.3) is 43.1 Å². The van der Waals surface area contributed by atoms with Crippen molar-refractivity contribution in [2.45, 2.75) is 13.8 Å². The normalized spacial score (nSPS) is 11.6. The first kappa shape index (κ1) is 14.0. The van der Waals surface area contributed by atoms with Crippen LogP contribution in [0.15, 0.2) is 60.7 Å². The minimum absolute atomic E-state index is 0. The van der Waals surface area contributed by atoms with Gasteiger partial charge in [-0.25, -0.2) is 0 Å². The molecule has 0 aliphatic carbocycles. The van der Waals surface area contributed by atoms with Crippen molar-refractivity contribution in [3.63, 3.8) is 0 Å². The molecule has 112 valence electrons. The summed E-state index contributed by atoms with van der Waals surface area (Å²) in [7, 11) is 0. The first-order valence-electron chi connectivity index (χ1n) is 7.81. The molecule has 0 aromatic heterocycles. The van der Waals surface area contributed by atoms with Crippen LogP contribution < -0.4 is 0 Å². The Labute approximate surface area is 134 Å². The Bertz CT molecular complexity index is 1180. The number of fused-ring (bicyclic) bond motifs is 2. The lowest BCUT2D eigenvalue weighted by molar-refractivity contribution is 0.824. The van der Waals surface area contributed by atoms with Crippen LogP contribution in [0.4, 0.5) is 0 Å². The molecule has 0 atom stereocenters. The fourth-order valence-electron chi connectivity index (χ4n) is 4.03. The van der Waals surface area contributed by atoms with Crippen LogP contribution in [0.1, 0.15) is 11.1 Å². The molecule has 0 aliphatic rings. The first-order chi connectivity index (χ1) is 10.8. The van der Waals surface area contributed by atoms with E-state index in [1.165, 1.54) is 54.2 Å². The van der Waals surface area contributed by atoms with Crippen molar-refractivity contribution in [2.75, 3.05) is 0 Å². The zero-order valence-corrected chi connectivity index (χ0v) is 13.3. The maximum Gasteiger partial charge on any atom is -0.00235 e. The van der Waals surface area contributed by atoms with Crippen molar-refractivity contribution in [1.82, 2.24) is 0 Å². The number of rotatable bonds is 0. The van der Waals surface area contributed by atoms with Crippen LogP contribution in [0.5, 0.6) is 0 Å². The second-order valence-electron chi connectivity index (χ2n) is 6.31. The zero-order chi connectivity index (χ0) is 14.8. The lowest BCUT2D eigenvalue weighted by atomic mass is 9.86. The summed E-state index contributed by atoms with van der Waals surface area (Å²) in [6, 6.07) is 22.4. The Kier molecular flexibility index (Phi) is 2.84. The first-order valence-corrected chi connectivity index (χ1v) is 7.81. The molecule has 0 amide bonds. The molecule has 23 heavy (non-hydrogen) atoms. The van der Waals surface area contributed by atoms with Crippen molar-refractivity contribution in [3.05, 3.63) is 71.8 Å². The number of benzene rings is 5. The summed E-state index contributed by atoms with van der Waals surface area (Å²) in [6.45, 7) is 4.48. The summed E-state index contributed by atoms with van der Waals surface area (Å²) in [6.07, 6.45) is 0. The minimum Gasteiger partial charge on any atom is -0.412 e. The van der Waals surface area contributed by atoms with Crippen LogP contribution in [0, 0.1) is 13.8 Å². The maximum atomic E-state index is 2.33. The van der Waals surface area contributed by atoms with Gasteiger partial charge in [0, 0.05) is 0 Å². The van der Waals surface area contributed by atoms with Crippen LogP contribution in [-0.2, 0) is 0 Å². The molecule has 5 aromatic rings. The standard InChI is InChI=1S/C22H16.H2O/c1-13-12-16-8-5-10-18-17-9-3-6-15-7-4-11-19(21(15)17)20(14(13)2)22(16)18;/h3-12H,1-2H3;1H2. The fraction of sp³-hybridized carbons (Fsp3) is 0.0909. The van der Waals surface area contributed by atoms with Gasteiger partial charge in [-0.05, 0) is 68.1 Å². The van der Waals surface area contributed by atoms with Gasteiger partial charge >= 0.3 is 0 Å². The average Bonchev–Trinajstić information content (AvgIpc) is 2.55. The predicted octanol–water partition coefficient (Wildman–Crippen LogP) is 5.53. The van der Waals surface area contributed by atoms with Gasteiger partial charge in [-0.15, -0.1) is 0 Å². The number of aryl methyl sites for hydroxylation is 2. The highest BCUT2D eigenvalue weighted by Gasteiger charge is 2.14. The largest absolute Gasteiger partial charge is 0.412 e. The molecular formula is C22H18O. The summed E-state index contributed by atoms with van der Waals surface area (Å²) >= 11 is 0. The Morgan fingerprint density at radius 1 is 0.565 bits per heavy atom. The smallest absolute Gasteiger partial charge is 0.00235 e. The summed E-state index contributed by atoms with van der Waals surface area (Å²) in [5.41, 5.74) is 2.78. The molecule has 0 unspecified atom stereocenters. The van der Waals surface area contributed by atoms with Crippen molar-refractivity contribution < 1.29 is 5.48 Å². The SMILES string of the molecule is Cc1cc2cccc3c4cccc5cccc(c(c1C)c23)c54.O. The summed E-state index contributed by atoms with van der Waals surface area (Å²) < 4.78 is 0. The van der Waals surface area contributed by atoms with E-state index in [4.69, 9.17) is 0 Å². The van der Waals surface area contributed by atoms with Crippen LogP contribution in [-0.4, -0.2) is 5.48 Å². The van der Waals surface area contributed by atoms with E-state index in [0.717, 1.165) is 0 Å². The third kappa shape index (κ3) is 1.66. The fourth-order valence-corrected chi connectivity index (χ4v) is 4.03. The highest BCUT2D eigenvalue weighted by molar-refractivity contribution is 6.33. The van der Waals surface area contributed by atoms with Crippen molar-refractivity contribution >= 4 is 43.1 Å². The highest BCUT2D eigenvalue weighted by Crippen LogP contribution is 2.41. The van der Waals surface area contributed by atoms with Gasteiger partial charge < -0.3 is 5.48 Å². The lowest BCUT2D eigenvalue weighted by Crippen LogP contribution is -1.91. The third-order valence-corrected chi connectivity index (χ3v) is 5.15. The van der Waals surface area contributed by atoms with Gasteiger partial charge in [0.15, 0.2) is 0 Å². The molecule has 0 spiro atoms. The molecule has 5 aromatic carbocycles. The Hall–Kier alpha value is -2.64.